The van der Waals surface area contributed by atoms with E-state index in [0.717, 1.165) is 11.1 Å². The van der Waals surface area contributed by atoms with Gasteiger partial charge in [-0.05, 0) is 79.8 Å². The fraction of sp³-hybridized carbons (Fsp3) is 0.500. The number of rotatable bonds is 2. The molecule has 1 aromatic carbocycles. The van der Waals surface area contributed by atoms with Crippen molar-refractivity contribution < 1.29 is 5.11 Å². The molecule has 0 spiro atoms. The van der Waals surface area contributed by atoms with Gasteiger partial charge in [-0.25, -0.2) is 0 Å². The average molecular weight is 230 g/mol. The maximum atomic E-state index is 9.83. The monoisotopic (exact) mass is 230 g/mol. The topological polar surface area (TPSA) is 20.2 Å². The number of hydrogen-bond acceptors (Lipinski definition) is 1. The molecule has 0 bridgehead atoms. The molecule has 17 heavy (non-hydrogen) atoms. The van der Waals surface area contributed by atoms with E-state index in [2.05, 4.69) is 25.1 Å². The van der Waals surface area contributed by atoms with Crippen LogP contribution in [0.3, 0.4) is 0 Å². The summed E-state index contributed by atoms with van der Waals surface area (Å²) in [4.78, 5) is 0. The van der Waals surface area contributed by atoms with Crippen molar-refractivity contribution in [3.05, 3.63) is 34.9 Å². The summed E-state index contributed by atoms with van der Waals surface area (Å²) in [5, 5.41) is 9.83. The van der Waals surface area contributed by atoms with Gasteiger partial charge in [-0.1, -0.05) is 13.0 Å². The molecule has 1 aromatic rings. The number of allylic oxidation sites excluding steroid dienone is 2. The molecule has 0 aromatic heterocycles. The molecule has 1 N–H and O–H groups in total. The quantitative estimate of drug-likeness (QED) is 0.787. The number of phenolic OH excluding ortho intramolecular Hbond substituents is 1. The zero-order valence-corrected chi connectivity index (χ0v) is 11.1. The number of phenols is 1. The maximum Gasteiger partial charge on any atom is 0.121 e. The molecule has 92 valence electrons. The SMILES string of the molecule is CCC1CCCC=C1c1cc(C)c(O)c(C)c1. The summed E-state index contributed by atoms with van der Waals surface area (Å²) in [5.74, 6) is 1.14. The van der Waals surface area contributed by atoms with Crippen LogP contribution in [0.25, 0.3) is 5.57 Å². The lowest BCUT2D eigenvalue weighted by Gasteiger charge is -2.24. The third kappa shape index (κ3) is 2.38. The van der Waals surface area contributed by atoms with Crippen molar-refractivity contribution in [2.45, 2.75) is 46.5 Å². The number of aryl methyl sites for hydroxylation is 2. The van der Waals surface area contributed by atoms with Crippen LogP contribution in [0.15, 0.2) is 18.2 Å². The second-order valence-electron chi connectivity index (χ2n) is 5.15. The van der Waals surface area contributed by atoms with Crippen molar-refractivity contribution in [1.82, 2.24) is 0 Å². The highest BCUT2D eigenvalue weighted by Crippen LogP contribution is 2.36. The van der Waals surface area contributed by atoms with Crippen molar-refractivity contribution in [3.8, 4) is 5.75 Å². The predicted molar refractivity (Wildman–Crippen MR) is 73.2 cm³/mol. The zero-order chi connectivity index (χ0) is 12.4. The van der Waals surface area contributed by atoms with Crippen LogP contribution in [0.4, 0.5) is 0 Å². The minimum Gasteiger partial charge on any atom is -0.507 e. The molecule has 1 nitrogen and oxygen atoms in total. The normalized spacial score (nSPS) is 20.2. The third-order valence-corrected chi connectivity index (χ3v) is 3.88. The van der Waals surface area contributed by atoms with Crippen LogP contribution < -0.4 is 0 Å². The van der Waals surface area contributed by atoms with Gasteiger partial charge >= 0.3 is 0 Å². The average Bonchev–Trinajstić information content (AvgIpc) is 2.35. The van der Waals surface area contributed by atoms with E-state index in [0.29, 0.717) is 11.7 Å². The third-order valence-electron chi connectivity index (χ3n) is 3.88. The largest absolute Gasteiger partial charge is 0.507 e. The van der Waals surface area contributed by atoms with E-state index in [-0.39, 0.29) is 0 Å². The van der Waals surface area contributed by atoms with Gasteiger partial charge in [0, 0.05) is 0 Å². The molecular formula is C16H22O. The van der Waals surface area contributed by atoms with Crippen molar-refractivity contribution in [2.75, 3.05) is 0 Å². The van der Waals surface area contributed by atoms with Crippen molar-refractivity contribution in [2.24, 2.45) is 5.92 Å². The van der Waals surface area contributed by atoms with Gasteiger partial charge in [-0.3, -0.25) is 0 Å². The predicted octanol–water partition coefficient (Wildman–Crippen LogP) is 4.60. The van der Waals surface area contributed by atoms with Crippen LogP contribution in [0.5, 0.6) is 5.75 Å². The molecule has 2 rings (SSSR count). The van der Waals surface area contributed by atoms with Crippen LogP contribution in [-0.2, 0) is 0 Å². The Morgan fingerprint density at radius 1 is 1.24 bits per heavy atom. The molecular weight excluding hydrogens is 208 g/mol. The minimum atomic E-state index is 0.443. The summed E-state index contributed by atoms with van der Waals surface area (Å²) in [6, 6.07) is 4.25. The second-order valence-corrected chi connectivity index (χ2v) is 5.15. The van der Waals surface area contributed by atoms with Crippen molar-refractivity contribution >= 4 is 5.57 Å². The fourth-order valence-electron chi connectivity index (χ4n) is 2.84. The Hall–Kier alpha value is -1.24. The highest BCUT2D eigenvalue weighted by atomic mass is 16.3. The maximum absolute atomic E-state index is 9.83. The van der Waals surface area contributed by atoms with E-state index in [1.165, 1.54) is 36.8 Å². The zero-order valence-electron chi connectivity index (χ0n) is 11.1. The summed E-state index contributed by atoms with van der Waals surface area (Å²) in [7, 11) is 0. The highest BCUT2D eigenvalue weighted by Gasteiger charge is 2.18. The van der Waals surface area contributed by atoms with Gasteiger partial charge in [-0.2, -0.15) is 0 Å². The molecule has 0 saturated carbocycles. The Bertz CT molecular complexity index is 420. The van der Waals surface area contributed by atoms with E-state index in [4.69, 9.17) is 0 Å². The summed E-state index contributed by atoms with van der Waals surface area (Å²) in [6.07, 6.45) is 7.43. The lowest BCUT2D eigenvalue weighted by Crippen LogP contribution is -2.07. The van der Waals surface area contributed by atoms with Gasteiger partial charge < -0.3 is 5.11 Å². The highest BCUT2D eigenvalue weighted by molar-refractivity contribution is 5.70. The first-order chi connectivity index (χ1) is 8.13. The Balaban J connectivity index is 2.42. The molecule has 1 heteroatoms. The summed E-state index contributed by atoms with van der Waals surface area (Å²) in [5.41, 5.74) is 4.77. The molecule has 0 radical (unpaired) electrons. The van der Waals surface area contributed by atoms with Crippen molar-refractivity contribution in [3.63, 3.8) is 0 Å². The Morgan fingerprint density at radius 3 is 2.47 bits per heavy atom. The molecule has 0 heterocycles. The molecule has 0 amide bonds. The molecule has 1 atom stereocenters. The molecule has 1 unspecified atom stereocenters. The van der Waals surface area contributed by atoms with Gasteiger partial charge in [0.25, 0.3) is 0 Å². The van der Waals surface area contributed by atoms with Gasteiger partial charge in [0.2, 0.25) is 0 Å². The first-order valence-corrected chi connectivity index (χ1v) is 6.64. The minimum absolute atomic E-state index is 0.443. The summed E-state index contributed by atoms with van der Waals surface area (Å²) < 4.78 is 0. The number of aromatic hydroxyl groups is 1. The van der Waals surface area contributed by atoms with Gasteiger partial charge in [-0.15, -0.1) is 0 Å². The lowest BCUT2D eigenvalue weighted by molar-refractivity contribution is 0.466. The van der Waals surface area contributed by atoms with Gasteiger partial charge in [0.05, 0.1) is 0 Å². The summed E-state index contributed by atoms with van der Waals surface area (Å²) >= 11 is 0. The molecule has 0 fully saturated rings. The molecule has 1 aliphatic rings. The number of hydrogen-bond donors (Lipinski definition) is 1. The molecule has 0 saturated heterocycles. The second kappa shape index (κ2) is 4.95. The standard InChI is InChI=1S/C16H22O/c1-4-13-7-5-6-8-15(13)14-9-11(2)16(17)12(3)10-14/h8-10,13,17H,4-7H2,1-3H3. The van der Waals surface area contributed by atoms with Crippen LogP contribution in [0.1, 0.15) is 49.3 Å². The smallest absolute Gasteiger partial charge is 0.121 e. The Morgan fingerprint density at radius 2 is 1.88 bits per heavy atom. The van der Waals surface area contributed by atoms with Crippen LogP contribution in [0.2, 0.25) is 0 Å². The van der Waals surface area contributed by atoms with E-state index in [1.54, 1.807) is 0 Å². The van der Waals surface area contributed by atoms with Crippen LogP contribution in [-0.4, -0.2) is 5.11 Å². The van der Waals surface area contributed by atoms with Gasteiger partial charge in [0.15, 0.2) is 0 Å². The van der Waals surface area contributed by atoms with Crippen LogP contribution in [0, 0.1) is 19.8 Å². The number of benzene rings is 1. The molecule has 0 aliphatic heterocycles. The Kier molecular flexibility index (Phi) is 3.56. The Labute approximate surface area is 104 Å². The fourth-order valence-corrected chi connectivity index (χ4v) is 2.84. The van der Waals surface area contributed by atoms with E-state index in [9.17, 15) is 5.11 Å². The lowest BCUT2D eigenvalue weighted by atomic mass is 9.81. The molecule has 1 aliphatic carbocycles. The van der Waals surface area contributed by atoms with Crippen LogP contribution >= 0.6 is 0 Å². The van der Waals surface area contributed by atoms with Gasteiger partial charge in [0.1, 0.15) is 5.75 Å². The van der Waals surface area contributed by atoms with Crippen molar-refractivity contribution in [1.29, 1.82) is 0 Å². The first-order valence-electron chi connectivity index (χ1n) is 6.64. The van der Waals surface area contributed by atoms with E-state index < -0.39 is 0 Å². The summed E-state index contributed by atoms with van der Waals surface area (Å²) in [6.45, 7) is 6.23. The van der Waals surface area contributed by atoms with E-state index >= 15 is 0 Å². The van der Waals surface area contributed by atoms with E-state index in [1.807, 2.05) is 13.8 Å². The first kappa shape index (κ1) is 12.2.